The topological polar surface area (TPSA) is 29.1 Å². The summed E-state index contributed by atoms with van der Waals surface area (Å²) in [5.74, 6) is 0.240. The number of benzene rings is 1. The van der Waals surface area contributed by atoms with E-state index in [-0.39, 0.29) is 5.78 Å². The molecule has 0 heterocycles. The Labute approximate surface area is 98.1 Å². The fourth-order valence-corrected chi connectivity index (χ4v) is 1.69. The Balaban J connectivity index is 2.55. The summed E-state index contributed by atoms with van der Waals surface area (Å²) in [6.45, 7) is 9.69. The lowest BCUT2D eigenvalue weighted by atomic mass is 9.99. The molecular weight excluding hydrogens is 198 g/mol. The molecule has 0 spiro atoms. The van der Waals surface area contributed by atoms with Gasteiger partial charge in [-0.25, -0.2) is 0 Å². The van der Waals surface area contributed by atoms with Crippen LogP contribution in [-0.4, -0.2) is 12.3 Å². The van der Waals surface area contributed by atoms with E-state index in [0.717, 1.165) is 13.1 Å². The molecule has 0 fully saturated rings. The van der Waals surface area contributed by atoms with Gasteiger partial charge in [0.05, 0.1) is 0 Å². The van der Waals surface area contributed by atoms with Gasteiger partial charge in [0.25, 0.3) is 0 Å². The van der Waals surface area contributed by atoms with Gasteiger partial charge in [-0.2, -0.15) is 0 Å². The second-order valence-corrected chi connectivity index (χ2v) is 4.42. The molecule has 16 heavy (non-hydrogen) atoms. The lowest BCUT2D eigenvalue weighted by Gasteiger charge is -2.11. The Morgan fingerprint density at radius 2 is 1.88 bits per heavy atom. The lowest BCUT2D eigenvalue weighted by molar-refractivity contribution is -0.116. The minimum absolute atomic E-state index is 0.240. The highest BCUT2D eigenvalue weighted by Crippen LogP contribution is 2.16. The quantitative estimate of drug-likeness (QED) is 0.771. The summed E-state index contributed by atoms with van der Waals surface area (Å²) in [4.78, 5) is 10.8. The van der Waals surface area contributed by atoms with Gasteiger partial charge in [0.2, 0.25) is 0 Å². The minimum atomic E-state index is 0.240. The van der Waals surface area contributed by atoms with E-state index >= 15 is 0 Å². The van der Waals surface area contributed by atoms with E-state index in [0.29, 0.717) is 6.42 Å². The SMILES string of the molecule is CC(=O)CCNCc1ccc(C)c(C)c1C. The average Bonchev–Trinajstić information content (AvgIpc) is 2.23. The number of carbonyl (C=O) groups is 1. The number of hydrogen-bond donors (Lipinski definition) is 1. The van der Waals surface area contributed by atoms with Gasteiger partial charge in [0.15, 0.2) is 0 Å². The molecule has 2 nitrogen and oxygen atoms in total. The number of carbonyl (C=O) groups excluding carboxylic acids is 1. The Morgan fingerprint density at radius 3 is 2.50 bits per heavy atom. The monoisotopic (exact) mass is 219 g/mol. The molecule has 0 aromatic heterocycles. The molecule has 2 heteroatoms. The van der Waals surface area contributed by atoms with Crippen LogP contribution in [0.3, 0.4) is 0 Å². The maximum Gasteiger partial charge on any atom is 0.131 e. The highest BCUT2D eigenvalue weighted by atomic mass is 16.1. The lowest BCUT2D eigenvalue weighted by Crippen LogP contribution is -2.17. The van der Waals surface area contributed by atoms with E-state index in [1.54, 1.807) is 6.92 Å². The van der Waals surface area contributed by atoms with Crippen LogP contribution in [0.2, 0.25) is 0 Å². The second-order valence-electron chi connectivity index (χ2n) is 4.42. The Bertz CT molecular complexity index is 383. The van der Waals surface area contributed by atoms with Crippen LogP contribution in [0, 0.1) is 20.8 Å². The standard InChI is InChI=1S/C14H21NO/c1-10-5-6-14(13(4)12(10)3)9-15-8-7-11(2)16/h5-6,15H,7-9H2,1-4H3. The fourth-order valence-electron chi connectivity index (χ4n) is 1.69. The number of rotatable bonds is 5. The summed E-state index contributed by atoms with van der Waals surface area (Å²) in [7, 11) is 0. The maximum absolute atomic E-state index is 10.8. The van der Waals surface area contributed by atoms with Crippen LogP contribution in [-0.2, 0) is 11.3 Å². The van der Waals surface area contributed by atoms with Gasteiger partial charge < -0.3 is 5.32 Å². The minimum Gasteiger partial charge on any atom is -0.312 e. The van der Waals surface area contributed by atoms with E-state index in [2.05, 4.69) is 38.2 Å². The van der Waals surface area contributed by atoms with Crippen molar-refractivity contribution in [3.05, 3.63) is 34.4 Å². The van der Waals surface area contributed by atoms with Crippen molar-refractivity contribution in [2.45, 2.75) is 40.7 Å². The molecule has 0 saturated heterocycles. The van der Waals surface area contributed by atoms with Crippen LogP contribution in [0.1, 0.15) is 35.6 Å². The number of hydrogen-bond acceptors (Lipinski definition) is 2. The largest absolute Gasteiger partial charge is 0.312 e. The third kappa shape index (κ3) is 3.46. The van der Waals surface area contributed by atoms with Crippen molar-refractivity contribution in [1.29, 1.82) is 0 Å². The molecule has 1 aromatic carbocycles. The first-order valence-corrected chi connectivity index (χ1v) is 5.78. The van der Waals surface area contributed by atoms with Crippen molar-refractivity contribution in [2.24, 2.45) is 0 Å². The molecule has 0 aliphatic rings. The Morgan fingerprint density at radius 1 is 1.19 bits per heavy atom. The molecule has 1 aromatic rings. The highest BCUT2D eigenvalue weighted by molar-refractivity contribution is 5.75. The second kappa shape index (κ2) is 5.80. The molecule has 0 bridgehead atoms. The molecule has 0 atom stereocenters. The van der Waals surface area contributed by atoms with Gasteiger partial charge in [-0.3, -0.25) is 4.79 Å². The molecular formula is C14H21NO. The van der Waals surface area contributed by atoms with Gasteiger partial charge in [0.1, 0.15) is 5.78 Å². The third-order valence-electron chi connectivity index (χ3n) is 3.14. The molecule has 1 N–H and O–H groups in total. The van der Waals surface area contributed by atoms with Crippen LogP contribution in [0.25, 0.3) is 0 Å². The zero-order chi connectivity index (χ0) is 12.1. The zero-order valence-corrected chi connectivity index (χ0v) is 10.7. The number of aryl methyl sites for hydroxylation is 1. The van der Waals surface area contributed by atoms with Crippen molar-refractivity contribution in [2.75, 3.05) is 6.54 Å². The molecule has 88 valence electrons. The van der Waals surface area contributed by atoms with Gasteiger partial charge in [-0.15, -0.1) is 0 Å². The summed E-state index contributed by atoms with van der Waals surface area (Å²) in [5, 5.41) is 3.30. The van der Waals surface area contributed by atoms with Crippen LogP contribution in [0.15, 0.2) is 12.1 Å². The molecule has 0 unspecified atom stereocenters. The number of Topliss-reactive ketones (excluding diaryl/α,β-unsaturated/α-hetero) is 1. The smallest absolute Gasteiger partial charge is 0.131 e. The van der Waals surface area contributed by atoms with E-state index in [1.807, 2.05) is 0 Å². The van der Waals surface area contributed by atoms with Crippen LogP contribution >= 0.6 is 0 Å². The highest BCUT2D eigenvalue weighted by Gasteiger charge is 2.03. The molecule has 0 saturated carbocycles. The molecule has 1 rings (SSSR count). The van der Waals surface area contributed by atoms with Crippen LogP contribution < -0.4 is 5.32 Å². The van der Waals surface area contributed by atoms with Gasteiger partial charge in [0, 0.05) is 19.5 Å². The fraction of sp³-hybridized carbons (Fsp3) is 0.500. The van der Waals surface area contributed by atoms with Crippen LogP contribution in [0.4, 0.5) is 0 Å². The van der Waals surface area contributed by atoms with E-state index in [1.165, 1.54) is 22.3 Å². The van der Waals surface area contributed by atoms with Gasteiger partial charge in [-0.1, -0.05) is 12.1 Å². The normalized spacial score (nSPS) is 10.5. The number of nitrogens with one attached hydrogen (secondary N) is 1. The molecule has 0 aliphatic carbocycles. The molecule has 0 radical (unpaired) electrons. The van der Waals surface area contributed by atoms with E-state index < -0.39 is 0 Å². The first kappa shape index (κ1) is 12.9. The molecule has 0 aliphatic heterocycles. The van der Waals surface area contributed by atoms with Crippen molar-refractivity contribution in [3.63, 3.8) is 0 Å². The van der Waals surface area contributed by atoms with Gasteiger partial charge in [-0.05, 0) is 49.9 Å². The first-order valence-electron chi connectivity index (χ1n) is 5.78. The van der Waals surface area contributed by atoms with E-state index in [4.69, 9.17) is 0 Å². The third-order valence-corrected chi connectivity index (χ3v) is 3.14. The Hall–Kier alpha value is -1.15. The summed E-state index contributed by atoms with van der Waals surface area (Å²) >= 11 is 0. The summed E-state index contributed by atoms with van der Waals surface area (Å²) in [6.07, 6.45) is 0.615. The predicted molar refractivity (Wildman–Crippen MR) is 67.7 cm³/mol. The van der Waals surface area contributed by atoms with Crippen molar-refractivity contribution < 1.29 is 4.79 Å². The number of ketones is 1. The summed E-state index contributed by atoms with van der Waals surface area (Å²) < 4.78 is 0. The average molecular weight is 219 g/mol. The Kier molecular flexibility index (Phi) is 4.69. The zero-order valence-electron chi connectivity index (χ0n) is 10.7. The van der Waals surface area contributed by atoms with Gasteiger partial charge >= 0.3 is 0 Å². The summed E-state index contributed by atoms with van der Waals surface area (Å²) in [5.41, 5.74) is 5.39. The van der Waals surface area contributed by atoms with Crippen molar-refractivity contribution in [1.82, 2.24) is 5.32 Å². The van der Waals surface area contributed by atoms with Crippen molar-refractivity contribution >= 4 is 5.78 Å². The molecule has 0 amide bonds. The van der Waals surface area contributed by atoms with Crippen molar-refractivity contribution in [3.8, 4) is 0 Å². The summed E-state index contributed by atoms with van der Waals surface area (Å²) in [6, 6.07) is 4.32. The van der Waals surface area contributed by atoms with E-state index in [9.17, 15) is 4.79 Å². The predicted octanol–water partition coefficient (Wildman–Crippen LogP) is 2.68. The maximum atomic E-state index is 10.8. The van der Waals surface area contributed by atoms with Crippen LogP contribution in [0.5, 0.6) is 0 Å². The first-order chi connectivity index (χ1) is 7.52.